The van der Waals surface area contributed by atoms with Crippen molar-refractivity contribution in [1.29, 1.82) is 0 Å². The van der Waals surface area contributed by atoms with Crippen molar-refractivity contribution in [2.24, 2.45) is 9.98 Å². The molecule has 0 radical (unpaired) electrons. The lowest BCUT2D eigenvalue weighted by atomic mass is 10.0. The number of ether oxygens (including phenoxy) is 4. The molecule has 4 aromatic carbocycles. The Hall–Kier alpha value is -6.36. The molecule has 274 valence electrons. The third-order valence-corrected chi connectivity index (χ3v) is 10.2. The number of rotatable bonds is 11. The summed E-state index contributed by atoms with van der Waals surface area (Å²) in [7, 11) is 4.99. The second kappa shape index (κ2) is 14.6. The number of methoxy groups -OCH3 is 2. The zero-order chi connectivity index (χ0) is 37.3. The molecule has 2 amide bonds. The van der Waals surface area contributed by atoms with Crippen molar-refractivity contribution in [1.82, 2.24) is 9.80 Å². The van der Waals surface area contributed by atoms with Crippen molar-refractivity contribution in [2.45, 2.75) is 38.3 Å². The molecule has 0 saturated carbocycles. The van der Waals surface area contributed by atoms with Crippen molar-refractivity contribution in [3.63, 3.8) is 0 Å². The maximum Gasteiger partial charge on any atom is 0.260 e. The number of nitrogens with one attached hydrogen (secondary N) is 1. The highest BCUT2D eigenvalue weighted by Gasteiger charge is 2.35. The number of nitrogens with zero attached hydrogens (tertiary/aromatic N) is 4. The smallest absolute Gasteiger partial charge is 0.260 e. The Kier molecular flexibility index (Phi) is 9.37. The Morgan fingerprint density at radius 3 is 1.57 bits per heavy atom. The first-order chi connectivity index (χ1) is 26.3. The molecule has 0 unspecified atom stereocenters. The molecule has 4 aromatic rings. The predicted octanol–water partition coefficient (Wildman–Crippen LogP) is 7.84. The number of aliphatic imine (C=N–C) groups is 2. The van der Waals surface area contributed by atoms with E-state index in [0.717, 1.165) is 28.0 Å². The van der Waals surface area contributed by atoms with Gasteiger partial charge < -0.3 is 34.1 Å². The lowest BCUT2D eigenvalue weighted by molar-refractivity contribution is 0.0809. The van der Waals surface area contributed by atoms with Crippen molar-refractivity contribution >= 4 is 52.5 Å². The number of hydrogen-bond acceptors (Lipinski definition) is 9. The molecule has 11 heteroatoms. The highest BCUT2D eigenvalue weighted by molar-refractivity contribution is 6.06. The van der Waals surface area contributed by atoms with Crippen LogP contribution in [0.2, 0.25) is 0 Å². The lowest BCUT2D eigenvalue weighted by Gasteiger charge is -2.19. The number of carbonyl (C=O) groups excluding carboxylic acids is 2. The lowest BCUT2D eigenvalue weighted by Crippen LogP contribution is -2.32. The van der Waals surface area contributed by atoms with Gasteiger partial charge in [-0.15, -0.1) is 0 Å². The summed E-state index contributed by atoms with van der Waals surface area (Å²) in [6.07, 6.45) is 9.41. The van der Waals surface area contributed by atoms with E-state index in [0.29, 0.717) is 78.0 Å². The number of benzene rings is 4. The van der Waals surface area contributed by atoms with Gasteiger partial charge in [-0.05, 0) is 53.5 Å². The zero-order valence-corrected chi connectivity index (χ0v) is 30.7. The van der Waals surface area contributed by atoms with E-state index in [2.05, 4.69) is 48.6 Å². The second-order valence-electron chi connectivity index (χ2n) is 13.6. The summed E-state index contributed by atoms with van der Waals surface area (Å²) in [5.41, 5.74) is 8.54. The molecular weight excluding hydrogens is 683 g/mol. The summed E-state index contributed by atoms with van der Waals surface area (Å²) in [5, 5.41) is 3.13. The standard InChI is InChI=1S/C43H41N5O6/c1-26-6-8-27(9-7-26)29-16-32-22-45-36-20-40(38(51-3)18-34(36)42(49)47(32)24-29)53-14-5-15-54-41-21-37-35(19-39(41)52-4)43(50)48-25-30(17-33(48)23-46-37)28-10-12-31(44-2)13-11-28/h6-13,18-25,32-33,44H,5,14-17H2,1-4H3/t32-,33-/m0/s1. The van der Waals surface area contributed by atoms with E-state index in [1.807, 2.05) is 44.0 Å². The van der Waals surface area contributed by atoms with Crippen LogP contribution in [0, 0.1) is 6.92 Å². The van der Waals surface area contributed by atoms with Crippen LogP contribution in [0.5, 0.6) is 23.0 Å². The van der Waals surface area contributed by atoms with E-state index < -0.39 is 0 Å². The molecule has 0 bridgehead atoms. The molecule has 1 N–H and O–H groups in total. The molecule has 2 atom stereocenters. The normalized spacial score (nSPS) is 18.1. The molecule has 54 heavy (non-hydrogen) atoms. The summed E-state index contributed by atoms with van der Waals surface area (Å²) >= 11 is 0. The van der Waals surface area contributed by atoms with Gasteiger partial charge in [0.15, 0.2) is 23.0 Å². The van der Waals surface area contributed by atoms with E-state index in [1.54, 1.807) is 48.3 Å². The Labute approximate surface area is 314 Å². The number of fused-ring (bicyclic) bond motifs is 4. The van der Waals surface area contributed by atoms with Gasteiger partial charge in [-0.1, -0.05) is 42.0 Å². The largest absolute Gasteiger partial charge is 0.493 e. The van der Waals surface area contributed by atoms with E-state index >= 15 is 0 Å². The van der Waals surface area contributed by atoms with Crippen LogP contribution in [-0.2, 0) is 0 Å². The van der Waals surface area contributed by atoms with Crippen LogP contribution in [0.1, 0.15) is 56.7 Å². The Balaban J connectivity index is 0.909. The number of anilines is 1. The number of aryl methyl sites for hydroxylation is 1. The number of carbonyl (C=O) groups is 2. The van der Waals surface area contributed by atoms with Crippen LogP contribution < -0.4 is 24.3 Å². The molecule has 4 heterocycles. The molecule has 0 aromatic heterocycles. The average molecular weight is 724 g/mol. The van der Waals surface area contributed by atoms with Crippen molar-refractivity contribution in [3.05, 3.63) is 113 Å². The monoisotopic (exact) mass is 723 g/mol. The molecule has 4 aliphatic heterocycles. The maximum atomic E-state index is 13.8. The first kappa shape index (κ1) is 34.7. The Morgan fingerprint density at radius 2 is 1.13 bits per heavy atom. The Bertz CT molecular complexity index is 2240. The SMILES string of the molecule is CNc1ccc(C2=CN3C(=O)c4cc(OC)c(OCCCOc5cc6c(cc5OC)C(=O)N5C=C(c7ccc(C)cc7)C[C@H]5C=N6)cc4N=C[C@@H]3C2)cc1. The van der Waals surface area contributed by atoms with Crippen molar-refractivity contribution in [3.8, 4) is 23.0 Å². The van der Waals surface area contributed by atoms with Gasteiger partial charge in [-0.2, -0.15) is 0 Å². The van der Waals surface area contributed by atoms with Gasteiger partial charge in [0.25, 0.3) is 11.8 Å². The molecule has 0 aliphatic carbocycles. The minimum absolute atomic E-state index is 0.134. The first-order valence-corrected chi connectivity index (χ1v) is 18.0. The molecule has 8 rings (SSSR count). The van der Waals surface area contributed by atoms with Gasteiger partial charge in [0.2, 0.25) is 0 Å². The minimum Gasteiger partial charge on any atom is -0.493 e. The summed E-state index contributed by atoms with van der Waals surface area (Å²) < 4.78 is 23.6. The first-order valence-electron chi connectivity index (χ1n) is 18.0. The molecule has 4 aliphatic rings. The number of amides is 2. The van der Waals surface area contributed by atoms with Crippen LogP contribution >= 0.6 is 0 Å². The van der Waals surface area contributed by atoms with E-state index in [4.69, 9.17) is 28.9 Å². The van der Waals surface area contributed by atoms with Crippen molar-refractivity contribution in [2.75, 3.05) is 39.8 Å². The fraction of sp³-hybridized carbons (Fsp3) is 0.256. The van der Waals surface area contributed by atoms with Gasteiger partial charge in [-0.3, -0.25) is 19.6 Å². The highest BCUT2D eigenvalue weighted by Crippen LogP contribution is 2.42. The van der Waals surface area contributed by atoms with E-state index in [9.17, 15) is 9.59 Å². The molecular formula is C43H41N5O6. The third kappa shape index (κ3) is 6.57. The van der Waals surface area contributed by atoms with Crippen LogP contribution in [0.15, 0.2) is 95.2 Å². The fourth-order valence-electron chi connectivity index (χ4n) is 7.18. The van der Waals surface area contributed by atoms with Gasteiger partial charge in [0.1, 0.15) is 0 Å². The van der Waals surface area contributed by atoms with Crippen LogP contribution in [0.25, 0.3) is 11.1 Å². The van der Waals surface area contributed by atoms with Crippen LogP contribution in [-0.4, -0.2) is 80.6 Å². The highest BCUT2D eigenvalue weighted by atomic mass is 16.5. The molecule has 0 saturated heterocycles. The second-order valence-corrected chi connectivity index (χ2v) is 13.6. The molecule has 11 nitrogen and oxygen atoms in total. The van der Waals surface area contributed by atoms with Crippen molar-refractivity contribution < 1.29 is 28.5 Å². The minimum atomic E-state index is -0.184. The quantitative estimate of drug-likeness (QED) is 0.157. The van der Waals surface area contributed by atoms with E-state index in [1.165, 1.54) is 5.56 Å². The van der Waals surface area contributed by atoms with Gasteiger partial charge >= 0.3 is 0 Å². The van der Waals surface area contributed by atoms with Gasteiger partial charge in [0, 0.05) is 69.0 Å². The van der Waals surface area contributed by atoms with Crippen LogP contribution in [0.3, 0.4) is 0 Å². The van der Waals surface area contributed by atoms with Gasteiger partial charge in [-0.25, -0.2) is 0 Å². The summed E-state index contributed by atoms with van der Waals surface area (Å²) in [5.74, 6) is 1.59. The Morgan fingerprint density at radius 1 is 0.667 bits per heavy atom. The average Bonchev–Trinajstić information content (AvgIpc) is 3.78. The fourth-order valence-corrected chi connectivity index (χ4v) is 7.18. The third-order valence-electron chi connectivity index (χ3n) is 10.2. The van der Waals surface area contributed by atoms with Crippen LogP contribution in [0.4, 0.5) is 17.1 Å². The summed E-state index contributed by atoms with van der Waals surface area (Å²) in [4.78, 5) is 40.4. The zero-order valence-electron chi connectivity index (χ0n) is 30.7. The topological polar surface area (TPSA) is 114 Å². The molecule has 0 spiro atoms. The van der Waals surface area contributed by atoms with Gasteiger partial charge in [0.05, 0.1) is 62.0 Å². The predicted molar refractivity (Wildman–Crippen MR) is 210 cm³/mol. The summed E-state index contributed by atoms with van der Waals surface area (Å²) in [6, 6.07) is 23.0. The molecule has 0 fully saturated rings. The number of hydrogen-bond donors (Lipinski definition) is 1. The van der Waals surface area contributed by atoms with E-state index in [-0.39, 0.29) is 23.9 Å². The maximum absolute atomic E-state index is 13.8. The summed E-state index contributed by atoms with van der Waals surface area (Å²) in [6.45, 7) is 2.69.